The highest BCUT2D eigenvalue weighted by molar-refractivity contribution is 6.39. The van der Waals surface area contributed by atoms with Crippen molar-refractivity contribution in [3.8, 4) is 22.6 Å². The number of aromatic nitrogens is 3. The van der Waals surface area contributed by atoms with Gasteiger partial charge in [-0.25, -0.2) is 9.18 Å². The van der Waals surface area contributed by atoms with Crippen molar-refractivity contribution in [2.45, 2.75) is 32.7 Å². The van der Waals surface area contributed by atoms with Crippen molar-refractivity contribution in [3.05, 3.63) is 81.8 Å². The minimum atomic E-state index is -0.935. The zero-order chi connectivity index (χ0) is 31.6. The van der Waals surface area contributed by atoms with Crippen molar-refractivity contribution in [2.24, 2.45) is 0 Å². The first kappa shape index (κ1) is 29.3. The quantitative estimate of drug-likeness (QED) is 0.335. The van der Waals surface area contributed by atoms with Gasteiger partial charge >= 0.3 is 5.69 Å². The molecule has 4 aromatic rings. The van der Waals surface area contributed by atoms with Crippen molar-refractivity contribution < 1.29 is 19.1 Å². The number of amides is 2. The maximum atomic E-state index is 17.3. The van der Waals surface area contributed by atoms with E-state index in [1.54, 1.807) is 36.2 Å². The molecule has 2 aromatic carbocycles. The number of carbonyl (C=O) groups is 2. The van der Waals surface area contributed by atoms with Gasteiger partial charge in [0, 0.05) is 37.5 Å². The van der Waals surface area contributed by atoms with E-state index in [1.165, 1.54) is 39.6 Å². The second-order valence-electron chi connectivity index (χ2n) is 11.3. The molecular weight excluding hydrogens is 587 g/mol. The molecule has 1 unspecified atom stereocenters. The number of aryl methyl sites for hydroxylation is 1. The molecule has 10 nitrogen and oxygen atoms in total. The van der Waals surface area contributed by atoms with E-state index in [0.717, 1.165) is 0 Å². The minimum Gasteiger partial charge on any atom is -0.507 e. The van der Waals surface area contributed by atoms with Gasteiger partial charge in [-0.2, -0.15) is 4.98 Å². The van der Waals surface area contributed by atoms with Crippen LogP contribution in [0.5, 0.6) is 5.75 Å². The van der Waals surface area contributed by atoms with Crippen LogP contribution in [0.15, 0.2) is 54.0 Å². The van der Waals surface area contributed by atoms with Crippen LogP contribution in [-0.2, 0) is 9.59 Å². The third-order valence-corrected chi connectivity index (χ3v) is 8.72. The summed E-state index contributed by atoms with van der Waals surface area (Å²) in [4.78, 5) is 54.3. The van der Waals surface area contributed by atoms with E-state index < -0.39 is 23.5 Å². The number of fused-ring (bicyclic) bond motifs is 2. The highest BCUT2D eigenvalue weighted by atomic mass is 35.5. The molecule has 1 atom stereocenters. The van der Waals surface area contributed by atoms with Crippen LogP contribution in [-0.4, -0.2) is 69.1 Å². The lowest BCUT2D eigenvalue weighted by atomic mass is 9.98. The number of anilines is 2. The first-order valence-electron chi connectivity index (χ1n) is 14.1. The summed E-state index contributed by atoms with van der Waals surface area (Å²) in [6.45, 7) is 9.57. The molecule has 0 bridgehead atoms. The van der Waals surface area contributed by atoms with Crippen LogP contribution >= 0.6 is 11.6 Å². The Morgan fingerprint density at radius 1 is 1.18 bits per heavy atom. The topological polar surface area (TPSA) is 112 Å². The number of piperazine rings is 1. The predicted octanol–water partition coefficient (Wildman–Crippen LogP) is 4.56. The number of para-hydroxylation sites is 1. The van der Waals surface area contributed by atoms with Crippen LogP contribution in [0.4, 0.5) is 15.9 Å². The minimum absolute atomic E-state index is 0.0000833. The summed E-state index contributed by atoms with van der Waals surface area (Å²) in [6.07, 6.45) is 2.81. The molecule has 2 aliphatic rings. The molecule has 1 fully saturated rings. The molecule has 44 heavy (non-hydrogen) atoms. The van der Waals surface area contributed by atoms with E-state index in [4.69, 9.17) is 11.6 Å². The van der Waals surface area contributed by atoms with Crippen LogP contribution in [0.1, 0.15) is 31.0 Å². The number of carbonyl (C=O) groups excluding carboxylic acids is 2. The number of pyridine rings is 1. The number of aromatic hydroxyl groups is 1. The molecule has 2 aromatic heterocycles. The number of phenolic OH excluding ortho intramolecular Hbond substituents is 1. The zero-order valence-electron chi connectivity index (χ0n) is 24.6. The van der Waals surface area contributed by atoms with Gasteiger partial charge in [0.2, 0.25) is 5.91 Å². The lowest BCUT2D eigenvalue weighted by Crippen LogP contribution is -2.60. The molecule has 226 valence electrons. The number of benzene rings is 2. The smallest absolute Gasteiger partial charge is 0.354 e. The van der Waals surface area contributed by atoms with Gasteiger partial charge in [0.1, 0.15) is 23.1 Å². The van der Waals surface area contributed by atoms with Crippen molar-refractivity contribution >= 4 is 45.8 Å². The highest BCUT2D eigenvalue weighted by Crippen LogP contribution is 2.50. The lowest BCUT2D eigenvalue weighted by molar-refractivity contribution is -0.128. The summed E-state index contributed by atoms with van der Waals surface area (Å²) in [5.74, 6) is -1.92. The third-order valence-electron chi connectivity index (χ3n) is 8.36. The van der Waals surface area contributed by atoms with Gasteiger partial charge in [-0.3, -0.25) is 19.1 Å². The number of halogens is 2. The van der Waals surface area contributed by atoms with E-state index in [2.05, 4.69) is 16.5 Å². The number of rotatable bonds is 4. The summed E-state index contributed by atoms with van der Waals surface area (Å²) in [6, 6.07) is 6.93. The highest BCUT2D eigenvalue weighted by Gasteiger charge is 2.43. The van der Waals surface area contributed by atoms with Crippen LogP contribution in [0, 0.1) is 12.7 Å². The molecule has 1 saturated heterocycles. The van der Waals surface area contributed by atoms with Gasteiger partial charge < -0.3 is 19.8 Å². The van der Waals surface area contributed by atoms with E-state index in [-0.39, 0.29) is 75.8 Å². The number of phenols is 1. The summed E-state index contributed by atoms with van der Waals surface area (Å²) < 4.78 is 18.5. The van der Waals surface area contributed by atoms with E-state index >= 15 is 4.39 Å². The largest absolute Gasteiger partial charge is 0.507 e. The fourth-order valence-electron chi connectivity index (χ4n) is 6.23. The molecule has 0 aliphatic carbocycles. The maximum Gasteiger partial charge on any atom is 0.354 e. The van der Waals surface area contributed by atoms with E-state index in [0.29, 0.717) is 16.9 Å². The molecule has 12 heteroatoms. The molecule has 4 heterocycles. The van der Waals surface area contributed by atoms with Gasteiger partial charge in [-0.15, -0.1) is 0 Å². The Kier molecular flexibility index (Phi) is 7.16. The Labute approximate surface area is 257 Å². The van der Waals surface area contributed by atoms with Crippen LogP contribution < -0.4 is 15.5 Å². The van der Waals surface area contributed by atoms with Gasteiger partial charge in [-0.05, 0) is 36.6 Å². The molecule has 1 N–H and O–H groups in total. The van der Waals surface area contributed by atoms with Crippen LogP contribution in [0.3, 0.4) is 0 Å². The molecule has 6 rings (SSSR count). The monoisotopic (exact) mass is 616 g/mol. The van der Waals surface area contributed by atoms with Crippen molar-refractivity contribution in [1.29, 1.82) is 0 Å². The normalized spacial score (nSPS) is 16.4. The first-order chi connectivity index (χ1) is 21.0. The average Bonchev–Trinajstić information content (AvgIpc) is 3.09. The van der Waals surface area contributed by atoms with Crippen molar-refractivity contribution in [3.63, 3.8) is 0 Å². The SMILES string of the molecule is C=CC(=O)N1CCN2c3nc(=O)n(-c4c(C)ccnc4C(C)C)c4c(F)c(-c5ccccc5O)c(Cl)c(c34)N(C)C(=O)C2C1. The Morgan fingerprint density at radius 2 is 1.91 bits per heavy atom. The summed E-state index contributed by atoms with van der Waals surface area (Å²) in [7, 11) is 1.52. The first-order valence-corrected chi connectivity index (χ1v) is 14.5. The van der Waals surface area contributed by atoms with Crippen molar-refractivity contribution in [1.82, 2.24) is 19.4 Å². The standard InChI is InChI=1S/C32H30ClFN6O4/c1-6-21(42)38-13-14-39-19(15-38)31(43)37(5)28-23-29(25(34)22(24(28)33)18-9-7-8-10-20(18)41)40(32(44)36-30(23)39)27-17(4)11-12-35-26(27)16(2)3/h6-12,16,19,41H,1,13-15H2,2-5H3. The number of nitrogens with zero attached hydrogens (tertiary/aromatic N) is 6. The molecular formula is C32H30ClFN6O4. The maximum absolute atomic E-state index is 17.3. The summed E-state index contributed by atoms with van der Waals surface area (Å²) in [5.41, 5.74) is 0.703. The fraction of sp³-hybridized carbons (Fsp3) is 0.281. The zero-order valence-corrected chi connectivity index (χ0v) is 25.4. The summed E-state index contributed by atoms with van der Waals surface area (Å²) >= 11 is 7.02. The Balaban J connectivity index is 1.80. The lowest BCUT2D eigenvalue weighted by Gasteiger charge is -2.40. The summed E-state index contributed by atoms with van der Waals surface area (Å²) in [5, 5.41) is 10.8. The number of likely N-dealkylation sites (N-methyl/N-ethyl adjacent to an activating group) is 1. The van der Waals surface area contributed by atoms with Crippen molar-refractivity contribution in [2.75, 3.05) is 36.5 Å². The van der Waals surface area contributed by atoms with E-state index in [9.17, 15) is 19.5 Å². The second-order valence-corrected chi connectivity index (χ2v) is 11.6. The van der Waals surface area contributed by atoms with Gasteiger partial charge in [0.15, 0.2) is 5.82 Å². The third kappa shape index (κ3) is 4.25. The average molecular weight is 617 g/mol. The number of hydrogen-bond acceptors (Lipinski definition) is 7. The Bertz CT molecular complexity index is 1960. The van der Waals surface area contributed by atoms with E-state index in [1.807, 2.05) is 13.8 Å². The van der Waals surface area contributed by atoms with Gasteiger partial charge in [0.05, 0.1) is 34.0 Å². The van der Waals surface area contributed by atoms with Crippen LogP contribution in [0.2, 0.25) is 5.02 Å². The molecule has 0 radical (unpaired) electrons. The Hall–Kier alpha value is -4.77. The second kappa shape index (κ2) is 10.7. The predicted molar refractivity (Wildman–Crippen MR) is 167 cm³/mol. The Morgan fingerprint density at radius 3 is 2.59 bits per heavy atom. The fourth-order valence-corrected chi connectivity index (χ4v) is 6.63. The number of hydrogen-bond donors (Lipinski definition) is 1. The molecule has 0 spiro atoms. The van der Waals surface area contributed by atoms with Gasteiger partial charge in [-0.1, -0.05) is 50.2 Å². The van der Waals surface area contributed by atoms with Gasteiger partial charge in [0.25, 0.3) is 5.91 Å². The van der Waals surface area contributed by atoms with Crippen LogP contribution in [0.25, 0.3) is 27.7 Å². The molecule has 2 amide bonds. The molecule has 0 saturated carbocycles. The molecule has 2 aliphatic heterocycles.